The maximum atomic E-state index is 12.2. The van der Waals surface area contributed by atoms with Crippen molar-refractivity contribution in [3.63, 3.8) is 0 Å². The number of amides is 2. The number of ether oxygens (including phenoxy) is 1. The minimum atomic E-state index is -3.41. The van der Waals surface area contributed by atoms with E-state index in [1.165, 1.54) is 15.6 Å². The molecular formula is C18H21N3O5S2. The number of benzene rings is 1. The molecule has 2 amide bonds. The first-order valence-corrected chi connectivity index (χ1v) is 11.2. The third-order valence-electron chi connectivity index (χ3n) is 4.16. The fraction of sp³-hybridized carbons (Fsp3) is 0.333. The van der Waals surface area contributed by atoms with Crippen molar-refractivity contribution in [2.45, 2.75) is 0 Å². The van der Waals surface area contributed by atoms with Crippen LogP contribution in [-0.2, 0) is 14.8 Å². The molecule has 1 aromatic carbocycles. The summed E-state index contributed by atoms with van der Waals surface area (Å²) in [5.74, 6) is -0.734. The van der Waals surface area contributed by atoms with E-state index < -0.39 is 10.0 Å². The highest BCUT2D eigenvalue weighted by atomic mass is 32.2. The number of anilines is 1. The van der Waals surface area contributed by atoms with Gasteiger partial charge in [-0.3, -0.25) is 9.59 Å². The number of morpholine rings is 1. The van der Waals surface area contributed by atoms with Gasteiger partial charge in [0.1, 0.15) is 0 Å². The van der Waals surface area contributed by atoms with Gasteiger partial charge in [0, 0.05) is 30.9 Å². The van der Waals surface area contributed by atoms with Crippen molar-refractivity contribution in [2.75, 3.05) is 43.9 Å². The number of thiophene rings is 1. The molecule has 0 spiro atoms. The Labute approximate surface area is 167 Å². The summed E-state index contributed by atoms with van der Waals surface area (Å²) in [6.45, 7) is 1.49. The van der Waals surface area contributed by atoms with E-state index in [9.17, 15) is 18.0 Å². The van der Waals surface area contributed by atoms with Gasteiger partial charge in [-0.2, -0.15) is 4.31 Å². The van der Waals surface area contributed by atoms with Crippen LogP contribution in [-0.4, -0.2) is 63.1 Å². The molecule has 2 N–H and O–H groups in total. The molecule has 28 heavy (non-hydrogen) atoms. The smallest absolute Gasteiger partial charge is 0.265 e. The second-order valence-corrected chi connectivity index (χ2v) is 9.13. The largest absolute Gasteiger partial charge is 0.379 e. The van der Waals surface area contributed by atoms with Gasteiger partial charge in [0.05, 0.1) is 23.8 Å². The van der Waals surface area contributed by atoms with Gasteiger partial charge in [0.2, 0.25) is 10.0 Å². The van der Waals surface area contributed by atoms with Crippen molar-refractivity contribution in [2.24, 2.45) is 0 Å². The number of nitrogens with zero attached hydrogens (tertiary/aromatic N) is 1. The Kier molecular flexibility index (Phi) is 6.79. The van der Waals surface area contributed by atoms with Crippen LogP contribution in [0.2, 0.25) is 0 Å². The summed E-state index contributed by atoms with van der Waals surface area (Å²) in [4.78, 5) is 24.8. The first kappa shape index (κ1) is 20.5. The predicted molar refractivity (Wildman–Crippen MR) is 107 cm³/mol. The Balaban J connectivity index is 1.48. The van der Waals surface area contributed by atoms with Gasteiger partial charge >= 0.3 is 0 Å². The quantitative estimate of drug-likeness (QED) is 0.700. The summed E-state index contributed by atoms with van der Waals surface area (Å²) in [5, 5.41) is 7.19. The molecule has 2 heterocycles. The molecule has 8 nitrogen and oxygen atoms in total. The van der Waals surface area contributed by atoms with E-state index in [1.807, 2.05) is 5.38 Å². The molecule has 3 rings (SSSR count). The Hall–Kier alpha value is -2.27. The molecule has 1 saturated heterocycles. The zero-order valence-corrected chi connectivity index (χ0v) is 16.7. The topological polar surface area (TPSA) is 105 Å². The molecule has 0 aliphatic carbocycles. The van der Waals surface area contributed by atoms with Crippen molar-refractivity contribution >= 4 is 38.9 Å². The van der Waals surface area contributed by atoms with Crippen molar-refractivity contribution < 1.29 is 22.7 Å². The van der Waals surface area contributed by atoms with Crippen LogP contribution >= 0.6 is 11.3 Å². The van der Waals surface area contributed by atoms with E-state index in [4.69, 9.17) is 4.74 Å². The lowest BCUT2D eigenvalue weighted by Crippen LogP contribution is -2.43. The number of hydrogen-bond acceptors (Lipinski definition) is 6. The van der Waals surface area contributed by atoms with Gasteiger partial charge in [-0.25, -0.2) is 8.42 Å². The van der Waals surface area contributed by atoms with E-state index in [0.717, 1.165) is 0 Å². The maximum Gasteiger partial charge on any atom is 0.265 e. The number of carbonyl (C=O) groups is 2. The second-order valence-electron chi connectivity index (χ2n) is 6.09. The summed E-state index contributed by atoms with van der Waals surface area (Å²) in [7, 11) is -3.41. The summed E-state index contributed by atoms with van der Waals surface area (Å²) in [6.07, 6.45) is 0. The van der Waals surface area contributed by atoms with Crippen LogP contribution in [0.15, 0.2) is 41.8 Å². The predicted octanol–water partition coefficient (Wildman–Crippen LogP) is 1.39. The zero-order chi connectivity index (χ0) is 20.0. The lowest BCUT2D eigenvalue weighted by molar-refractivity contribution is 0.0730. The van der Waals surface area contributed by atoms with E-state index in [0.29, 0.717) is 42.4 Å². The minimum absolute atomic E-state index is 0.0232. The number of carbonyl (C=O) groups excluding carboxylic acids is 2. The molecule has 1 aliphatic rings. The normalized spacial score (nSPS) is 15.1. The van der Waals surface area contributed by atoms with E-state index >= 15 is 0 Å². The van der Waals surface area contributed by atoms with Crippen LogP contribution in [0.3, 0.4) is 0 Å². The van der Waals surface area contributed by atoms with Crippen LogP contribution in [0.5, 0.6) is 0 Å². The maximum absolute atomic E-state index is 12.2. The summed E-state index contributed by atoms with van der Waals surface area (Å²) in [6, 6.07) is 9.94. The van der Waals surface area contributed by atoms with Crippen LogP contribution in [0.1, 0.15) is 20.0 Å². The fourth-order valence-electron chi connectivity index (χ4n) is 2.65. The molecule has 0 radical (unpaired) electrons. The van der Waals surface area contributed by atoms with E-state index in [-0.39, 0.29) is 24.1 Å². The van der Waals surface area contributed by atoms with E-state index in [1.54, 1.807) is 36.4 Å². The standard InChI is InChI=1S/C18H21N3O5S2/c22-17(19-7-13-28(24,25)21-8-10-26-11-9-21)14-3-5-15(6-4-14)20-18(23)16-2-1-12-27-16/h1-6,12H,7-11,13H2,(H,19,22)(H,20,23). The lowest BCUT2D eigenvalue weighted by atomic mass is 10.2. The van der Waals surface area contributed by atoms with Gasteiger partial charge in [-0.15, -0.1) is 11.3 Å². The number of nitrogens with one attached hydrogen (secondary N) is 2. The van der Waals surface area contributed by atoms with Gasteiger partial charge in [-0.1, -0.05) is 6.07 Å². The van der Waals surface area contributed by atoms with Gasteiger partial charge in [-0.05, 0) is 35.7 Å². The number of rotatable bonds is 7. The third kappa shape index (κ3) is 5.38. The second kappa shape index (κ2) is 9.28. The Bertz CT molecular complexity index is 905. The lowest BCUT2D eigenvalue weighted by Gasteiger charge is -2.26. The fourth-order valence-corrected chi connectivity index (χ4v) is 4.60. The van der Waals surface area contributed by atoms with Crippen molar-refractivity contribution in [3.8, 4) is 0 Å². The average molecular weight is 424 g/mol. The van der Waals surface area contributed by atoms with Gasteiger partial charge < -0.3 is 15.4 Å². The molecule has 2 aromatic rings. The van der Waals surface area contributed by atoms with Crippen molar-refractivity contribution in [3.05, 3.63) is 52.2 Å². The number of sulfonamides is 1. The van der Waals surface area contributed by atoms with Crippen molar-refractivity contribution in [1.82, 2.24) is 9.62 Å². The highest BCUT2D eigenvalue weighted by molar-refractivity contribution is 7.89. The monoisotopic (exact) mass is 423 g/mol. The molecule has 1 aliphatic heterocycles. The highest BCUT2D eigenvalue weighted by Crippen LogP contribution is 2.14. The molecule has 0 unspecified atom stereocenters. The van der Waals surface area contributed by atoms with Gasteiger partial charge in [0.15, 0.2) is 0 Å². The van der Waals surface area contributed by atoms with E-state index in [2.05, 4.69) is 10.6 Å². The summed E-state index contributed by atoms with van der Waals surface area (Å²) < 4.78 is 31.0. The first-order valence-electron chi connectivity index (χ1n) is 8.74. The summed E-state index contributed by atoms with van der Waals surface area (Å²) in [5.41, 5.74) is 0.961. The molecule has 10 heteroatoms. The van der Waals surface area contributed by atoms with Crippen LogP contribution in [0.25, 0.3) is 0 Å². The third-order valence-corrected chi connectivity index (χ3v) is 6.90. The molecule has 1 fully saturated rings. The first-order chi connectivity index (χ1) is 13.5. The Morgan fingerprint density at radius 3 is 2.43 bits per heavy atom. The van der Waals surface area contributed by atoms with Crippen molar-refractivity contribution in [1.29, 1.82) is 0 Å². The zero-order valence-electron chi connectivity index (χ0n) is 15.1. The molecule has 0 bridgehead atoms. The van der Waals surface area contributed by atoms with Crippen LogP contribution in [0, 0.1) is 0 Å². The molecule has 0 atom stereocenters. The van der Waals surface area contributed by atoms with Crippen LogP contribution in [0.4, 0.5) is 5.69 Å². The molecule has 150 valence electrons. The SMILES string of the molecule is O=C(NCCS(=O)(=O)N1CCOCC1)c1ccc(NC(=O)c2cccs2)cc1. The van der Waals surface area contributed by atoms with Crippen LogP contribution < -0.4 is 10.6 Å². The molecular weight excluding hydrogens is 402 g/mol. The Morgan fingerprint density at radius 2 is 1.79 bits per heavy atom. The molecule has 0 saturated carbocycles. The Morgan fingerprint density at radius 1 is 1.07 bits per heavy atom. The average Bonchev–Trinajstić information content (AvgIpc) is 3.24. The minimum Gasteiger partial charge on any atom is -0.379 e. The highest BCUT2D eigenvalue weighted by Gasteiger charge is 2.24. The van der Waals surface area contributed by atoms with Gasteiger partial charge in [0.25, 0.3) is 11.8 Å². The molecule has 1 aromatic heterocycles. The number of hydrogen-bond donors (Lipinski definition) is 2. The summed E-state index contributed by atoms with van der Waals surface area (Å²) >= 11 is 1.34.